The van der Waals surface area contributed by atoms with E-state index in [0.717, 1.165) is 38.0 Å². The van der Waals surface area contributed by atoms with Crippen LogP contribution in [0.15, 0.2) is 24.3 Å². The van der Waals surface area contributed by atoms with Crippen LogP contribution in [0.5, 0.6) is 5.75 Å². The smallest absolute Gasteiger partial charge is 0.117 e. The van der Waals surface area contributed by atoms with Gasteiger partial charge in [0.2, 0.25) is 0 Å². The fourth-order valence-corrected chi connectivity index (χ4v) is 1.75. The molecule has 0 fully saturated rings. The molecule has 2 N–H and O–H groups in total. The average Bonchev–Trinajstić information content (AvgIpc) is 2.29. The van der Waals surface area contributed by atoms with Crippen LogP contribution in [-0.4, -0.2) is 29.9 Å². The minimum Gasteiger partial charge on any atom is -0.508 e. The molecule has 90 valence electrons. The summed E-state index contributed by atoms with van der Waals surface area (Å²) in [6.45, 7) is 4.29. The highest BCUT2D eigenvalue weighted by molar-refractivity contribution is 5.50. The summed E-state index contributed by atoms with van der Waals surface area (Å²) in [5, 5.41) is 18.1. The number of phenols is 1. The van der Waals surface area contributed by atoms with Gasteiger partial charge in [0.25, 0.3) is 0 Å². The molecule has 3 nitrogen and oxygen atoms in total. The van der Waals surface area contributed by atoms with Crippen LogP contribution in [-0.2, 0) is 0 Å². The third kappa shape index (κ3) is 4.11. The maximum Gasteiger partial charge on any atom is 0.117 e. The lowest BCUT2D eigenvalue weighted by molar-refractivity contribution is 0.283. The van der Waals surface area contributed by atoms with E-state index in [0.29, 0.717) is 5.75 Å². The van der Waals surface area contributed by atoms with Gasteiger partial charge in [-0.3, -0.25) is 0 Å². The minimum absolute atomic E-state index is 0.276. The molecule has 0 heterocycles. The topological polar surface area (TPSA) is 43.7 Å². The molecule has 3 heteroatoms. The van der Waals surface area contributed by atoms with E-state index in [1.165, 1.54) is 0 Å². The quantitative estimate of drug-likeness (QED) is 0.697. The molecular weight excluding hydrogens is 202 g/mol. The first kappa shape index (κ1) is 12.8. The SMILES string of the molecule is CCN(CCCCCO)c1cccc(O)c1. The Morgan fingerprint density at radius 2 is 2.00 bits per heavy atom. The van der Waals surface area contributed by atoms with Gasteiger partial charge in [0, 0.05) is 31.5 Å². The van der Waals surface area contributed by atoms with Crippen LogP contribution in [0.25, 0.3) is 0 Å². The van der Waals surface area contributed by atoms with Crippen molar-refractivity contribution in [3.63, 3.8) is 0 Å². The number of phenolic OH excluding ortho intramolecular Hbond substituents is 1. The van der Waals surface area contributed by atoms with Gasteiger partial charge in [-0.25, -0.2) is 0 Å². The number of benzene rings is 1. The molecule has 0 amide bonds. The van der Waals surface area contributed by atoms with Crippen LogP contribution in [0.2, 0.25) is 0 Å². The summed E-state index contributed by atoms with van der Waals surface area (Å²) in [5.41, 5.74) is 1.06. The number of aliphatic hydroxyl groups excluding tert-OH is 1. The Balaban J connectivity index is 2.47. The first-order chi connectivity index (χ1) is 7.77. The number of anilines is 1. The number of aliphatic hydroxyl groups is 1. The van der Waals surface area contributed by atoms with Crippen LogP contribution in [0.1, 0.15) is 26.2 Å². The number of rotatable bonds is 7. The van der Waals surface area contributed by atoms with E-state index in [4.69, 9.17) is 5.11 Å². The maximum atomic E-state index is 9.41. The molecule has 0 aliphatic heterocycles. The van der Waals surface area contributed by atoms with Gasteiger partial charge in [-0.1, -0.05) is 6.07 Å². The van der Waals surface area contributed by atoms with Crippen molar-refractivity contribution >= 4 is 5.69 Å². The fourth-order valence-electron chi connectivity index (χ4n) is 1.75. The summed E-state index contributed by atoms with van der Waals surface area (Å²) in [5.74, 6) is 0.311. The normalized spacial score (nSPS) is 10.4. The minimum atomic E-state index is 0.276. The van der Waals surface area contributed by atoms with Crippen molar-refractivity contribution in [1.82, 2.24) is 0 Å². The zero-order valence-corrected chi connectivity index (χ0v) is 9.89. The van der Waals surface area contributed by atoms with Gasteiger partial charge in [-0.2, -0.15) is 0 Å². The van der Waals surface area contributed by atoms with Crippen molar-refractivity contribution in [2.24, 2.45) is 0 Å². The summed E-state index contributed by atoms with van der Waals surface area (Å²) in [6.07, 6.45) is 2.99. The van der Waals surface area contributed by atoms with Crippen LogP contribution in [0.3, 0.4) is 0 Å². The summed E-state index contributed by atoms with van der Waals surface area (Å²) in [4.78, 5) is 2.23. The zero-order valence-electron chi connectivity index (χ0n) is 9.89. The van der Waals surface area contributed by atoms with Crippen molar-refractivity contribution in [2.75, 3.05) is 24.6 Å². The van der Waals surface area contributed by atoms with E-state index < -0.39 is 0 Å². The summed E-state index contributed by atoms with van der Waals surface area (Å²) in [7, 11) is 0. The first-order valence-electron chi connectivity index (χ1n) is 5.92. The fraction of sp³-hybridized carbons (Fsp3) is 0.538. The molecule has 0 atom stereocenters. The van der Waals surface area contributed by atoms with Gasteiger partial charge in [-0.05, 0) is 38.3 Å². The van der Waals surface area contributed by atoms with Crippen LogP contribution in [0.4, 0.5) is 5.69 Å². The summed E-state index contributed by atoms with van der Waals surface area (Å²) >= 11 is 0. The van der Waals surface area contributed by atoms with Gasteiger partial charge >= 0.3 is 0 Å². The van der Waals surface area contributed by atoms with E-state index >= 15 is 0 Å². The lowest BCUT2D eigenvalue weighted by Crippen LogP contribution is -2.23. The van der Waals surface area contributed by atoms with E-state index in [9.17, 15) is 5.11 Å². The van der Waals surface area contributed by atoms with E-state index in [1.54, 1.807) is 12.1 Å². The van der Waals surface area contributed by atoms with E-state index in [2.05, 4.69) is 11.8 Å². The summed E-state index contributed by atoms with van der Waals surface area (Å²) < 4.78 is 0. The number of hydrogen-bond acceptors (Lipinski definition) is 3. The van der Waals surface area contributed by atoms with Crippen molar-refractivity contribution in [3.8, 4) is 5.75 Å². The van der Waals surface area contributed by atoms with Crippen molar-refractivity contribution in [2.45, 2.75) is 26.2 Å². The Morgan fingerprint density at radius 3 is 2.62 bits per heavy atom. The largest absolute Gasteiger partial charge is 0.508 e. The lowest BCUT2D eigenvalue weighted by Gasteiger charge is -2.23. The molecule has 0 aliphatic rings. The molecule has 0 bridgehead atoms. The standard InChI is InChI=1S/C13H21NO2/c1-2-14(9-4-3-5-10-15)12-7-6-8-13(16)11-12/h6-8,11,15-16H,2-5,9-10H2,1H3. The number of aromatic hydroxyl groups is 1. The number of hydrogen-bond donors (Lipinski definition) is 2. The Kier molecular flexibility index (Phi) is 5.72. The molecule has 0 aliphatic carbocycles. The van der Waals surface area contributed by atoms with Crippen LogP contribution in [0, 0.1) is 0 Å². The van der Waals surface area contributed by atoms with Gasteiger partial charge in [0.15, 0.2) is 0 Å². The highest BCUT2D eigenvalue weighted by Gasteiger charge is 2.04. The Hall–Kier alpha value is -1.22. The van der Waals surface area contributed by atoms with Crippen LogP contribution < -0.4 is 4.90 Å². The molecule has 0 radical (unpaired) electrons. The summed E-state index contributed by atoms with van der Waals surface area (Å²) in [6, 6.07) is 7.34. The van der Waals surface area contributed by atoms with Crippen molar-refractivity contribution in [1.29, 1.82) is 0 Å². The molecular formula is C13H21NO2. The monoisotopic (exact) mass is 223 g/mol. The molecule has 0 aromatic heterocycles. The molecule has 0 saturated heterocycles. The number of nitrogens with zero attached hydrogens (tertiary/aromatic N) is 1. The lowest BCUT2D eigenvalue weighted by atomic mass is 10.2. The molecule has 1 rings (SSSR count). The van der Waals surface area contributed by atoms with E-state index in [-0.39, 0.29) is 6.61 Å². The maximum absolute atomic E-state index is 9.41. The molecule has 1 aromatic rings. The molecule has 0 saturated carbocycles. The highest BCUT2D eigenvalue weighted by atomic mass is 16.3. The third-order valence-corrected chi connectivity index (χ3v) is 2.66. The Labute approximate surface area is 97.3 Å². The zero-order chi connectivity index (χ0) is 11.8. The van der Waals surface area contributed by atoms with E-state index in [1.807, 2.05) is 12.1 Å². The Bertz CT molecular complexity index is 302. The predicted octanol–water partition coefficient (Wildman–Crippen LogP) is 2.38. The third-order valence-electron chi connectivity index (χ3n) is 2.66. The molecule has 16 heavy (non-hydrogen) atoms. The van der Waals surface area contributed by atoms with Gasteiger partial charge < -0.3 is 15.1 Å². The van der Waals surface area contributed by atoms with Crippen molar-refractivity contribution < 1.29 is 10.2 Å². The average molecular weight is 223 g/mol. The second-order valence-corrected chi connectivity index (χ2v) is 3.88. The first-order valence-corrected chi connectivity index (χ1v) is 5.92. The second-order valence-electron chi connectivity index (χ2n) is 3.88. The van der Waals surface area contributed by atoms with Gasteiger partial charge in [-0.15, -0.1) is 0 Å². The number of unbranched alkanes of at least 4 members (excludes halogenated alkanes) is 2. The van der Waals surface area contributed by atoms with Gasteiger partial charge in [0.05, 0.1) is 0 Å². The van der Waals surface area contributed by atoms with Crippen molar-refractivity contribution in [3.05, 3.63) is 24.3 Å². The van der Waals surface area contributed by atoms with Gasteiger partial charge in [0.1, 0.15) is 5.75 Å². The predicted molar refractivity (Wildman–Crippen MR) is 66.9 cm³/mol. The molecule has 0 spiro atoms. The Morgan fingerprint density at radius 1 is 1.19 bits per heavy atom. The molecule has 1 aromatic carbocycles. The molecule has 0 unspecified atom stereocenters. The highest BCUT2D eigenvalue weighted by Crippen LogP contribution is 2.20. The second kappa shape index (κ2) is 7.12. The van der Waals surface area contributed by atoms with Crippen LogP contribution >= 0.6 is 0 Å².